The summed E-state index contributed by atoms with van der Waals surface area (Å²) in [5.41, 5.74) is 0. The van der Waals surface area contributed by atoms with Gasteiger partial charge in [-0.05, 0) is 12.8 Å². The summed E-state index contributed by atoms with van der Waals surface area (Å²) in [7, 11) is -0.525. The first kappa shape index (κ1) is 54.4. The highest BCUT2D eigenvalue weighted by Gasteiger charge is 2.15. The predicted molar refractivity (Wildman–Crippen MR) is 257 cm³/mol. The van der Waals surface area contributed by atoms with Crippen molar-refractivity contribution in [2.45, 2.75) is 315 Å². The van der Waals surface area contributed by atoms with Gasteiger partial charge in [-0.25, -0.2) is 0 Å². The summed E-state index contributed by atoms with van der Waals surface area (Å²) < 4.78 is 0. The maximum absolute atomic E-state index is 2.49. The molecule has 1 heteroatoms. The van der Waals surface area contributed by atoms with Gasteiger partial charge in [-0.2, -0.15) is 0 Å². The maximum Gasteiger partial charge on any atom is 0.0586 e. The molecular formula is C53H110P+. The molecule has 0 aliphatic rings. The normalized spacial score (nSPS) is 12.0. The third-order valence-corrected chi connectivity index (χ3v) is 14.3. The van der Waals surface area contributed by atoms with Gasteiger partial charge in [0.2, 0.25) is 0 Å². The van der Waals surface area contributed by atoms with Crippen molar-refractivity contribution in [3.05, 3.63) is 0 Å². The molecule has 0 heterocycles. The lowest BCUT2D eigenvalue weighted by atomic mass is 10.0. The zero-order chi connectivity index (χ0) is 39.1. The minimum absolute atomic E-state index is 0.525. The fourth-order valence-corrected chi connectivity index (χ4v) is 9.96. The summed E-state index contributed by atoms with van der Waals surface area (Å²) >= 11 is 0. The lowest BCUT2D eigenvalue weighted by Crippen LogP contribution is -1.93. The Kier molecular flexibility index (Phi) is 48.2. The van der Waals surface area contributed by atoms with Gasteiger partial charge in [0, 0.05) is 27.3 Å². The van der Waals surface area contributed by atoms with Crippen molar-refractivity contribution in [2.24, 2.45) is 0 Å². The number of hydrogen-bond acceptors (Lipinski definition) is 0. The minimum atomic E-state index is -0.525. The Morgan fingerprint density at radius 2 is 0.278 bits per heavy atom. The number of unbranched alkanes of at least 4 members (excludes halogenated alkanes) is 47. The SMILES string of the molecule is CCCCCCCCCCCCCCCCCCCCCCCCCCCCCCCCCCCCCCCCCCCCCCCCCC[P+](C)(C)C. The Balaban J connectivity index is 3.06. The highest BCUT2D eigenvalue weighted by atomic mass is 31.2. The lowest BCUT2D eigenvalue weighted by Gasteiger charge is -2.10. The van der Waals surface area contributed by atoms with Crippen molar-refractivity contribution in [3.63, 3.8) is 0 Å². The molecule has 0 aromatic heterocycles. The van der Waals surface area contributed by atoms with Gasteiger partial charge < -0.3 is 0 Å². The smallest absolute Gasteiger partial charge is 0.0586 e. The van der Waals surface area contributed by atoms with E-state index in [9.17, 15) is 0 Å². The van der Waals surface area contributed by atoms with Gasteiger partial charge in [-0.15, -0.1) is 0 Å². The summed E-state index contributed by atoms with van der Waals surface area (Å²) in [6, 6.07) is 0. The highest BCUT2D eigenvalue weighted by molar-refractivity contribution is 7.73. The fourth-order valence-electron chi connectivity index (χ4n) is 8.79. The molecule has 0 nitrogen and oxygen atoms in total. The Morgan fingerprint density at radius 1 is 0.167 bits per heavy atom. The van der Waals surface area contributed by atoms with Crippen LogP contribution in [0.5, 0.6) is 0 Å². The largest absolute Gasteiger partial charge is 0.0654 e. The molecule has 0 N–H and O–H groups in total. The molecule has 0 radical (unpaired) electrons. The van der Waals surface area contributed by atoms with Crippen LogP contribution in [0.2, 0.25) is 0 Å². The molecular weight excluding hydrogens is 668 g/mol. The van der Waals surface area contributed by atoms with E-state index in [1.165, 1.54) is 314 Å². The molecule has 0 spiro atoms. The molecule has 0 fully saturated rings. The molecule has 54 heavy (non-hydrogen) atoms. The number of hydrogen-bond donors (Lipinski definition) is 0. The van der Waals surface area contributed by atoms with Crippen LogP contribution in [-0.4, -0.2) is 26.2 Å². The second-order valence-electron chi connectivity index (χ2n) is 19.6. The Labute approximate surface area is 347 Å². The summed E-state index contributed by atoms with van der Waals surface area (Å²) in [4.78, 5) is 0. The van der Waals surface area contributed by atoms with Gasteiger partial charge in [0.15, 0.2) is 0 Å². The zero-order valence-electron chi connectivity index (χ0n) is 39.1. The van der Waals surface area contributed by atoms with Crippen molar-refractivity contribution in [2.75, 3.05) is 26.2 Å². The van der Waals surface area contributed by atoms with Crippen LogP contribution in [0, 0.1) is 0 Å². The van der Waals surface area contributed by atoms with Gasteiger partial charge in [-0.1, -0.05) is 302 Å². The van der Waals surface area contributed by atoms with Gasteiger partial charge in [-0.3, -0.25) is 0 Å². The van der Waals surface area contributed by atoms with Crippen LogP contribution in [0.1, 0.15) is 315 Å². The molecule has 0 saturated carbocycles. The van der Waals surface area contributed by atoms with Crippen LogP contribution in [-0.2, 0) is 0 Å². The molecule has 0 aliphatic carbocycles. The monoisotopic (exact) mass is 778 g/mol. The Bertz CT molecular complexity index is 634. The second-order valence-corrected chi connectivity index (χ2v) is 24.7. The topological polar surface area (TPSA) is 0 Å². The van der Waals surface area contributed by atoms with Crippen molar-refractivity contribution in [3.8, 4) is 0 Å². The molecule has 0 atom stereocenters. The van der Waals surface area contributed by atoms with Gasteiger partial charge >= 0.3 is 0 Å². The molecule has 326 valence electrons. The molecule has 0 saturated heterocycles. The summed E-state index contributed by atoms with van der Waals surface area (Å²) in [5, 5.41) is 0. The quantitative estimate of drug-likeness (QED) is 0.0426. The van der Waals surface area contributed by atoms with E-state index in [0.717, 1.165) is 0 Å². The first-order valence-corrected chi connectivity index (χ1v) is 29.7. The van der Waals surface area contributed by atoms with E-state index in [2.05, 4.69) is 26.9 Å². The molecule has 0 rings (SSSR count). The predicted octanol–water partition coefficient (Wildman–Crippen LogP) is 20.6. The summed E-state index contributed by atoms with van der Waals surface area (Å²) in [6.07, 6.45) is 73.1. The number of rotatable bonds is 49. The molecule has 0 aromatic rings. The second kappa shape index (κ2) is 47.8. The highest BCUT2D eigenvalue weighted by Crippen LogP contribution is 2.47. The van der Waals surface area contributed by atoms with Crippen LogP contribution in [0.4, 0.5) is 0 Å². The molecule has 0 bridgehead atoms. The minimum Gasteiger partial charge on any atom is -0.0654 e. The summed E-state index contributed by atoms with van der Waals surface area (Å²) in [5.74, 6) is 0. The summed E-state index contributed by atoms with van der Waals surface area (Å²) in [6.45, 7) is 9.77. The van der Waals surface area contributed by atoms with Crippen LogP contribution in [0.25, 0.3) is 0 Å². The molecule has 0 aromatic carbocycles. The molecule has 0 aliphatic heterocycles. The third kappa shape index (κ3) is 52.4. The zero-order valence-corrected chi connectivity index (χ0v) is 40.0. The Hall–Kier alpha value is 0.430. The van der Waals surface area contributed by atoms with Gasteiger partial charge in [0.05, 0.1) is 6.16 Å². The maximum atomic E-state index is 2.49. The third-order valence-electron chi connectivity index (χ3n) is 12.7. The van der Waals surface area contributed by atoms with Crippen molar-refractivity contribution >= 4 is 7.26 Å². The molecule has 0 amide bonds. The van der Waals surface area contributed by atoms with E-state index >= 15 is 0 Å². The van der Waals surface area contributed by atoms with Crippen LogP contribution < -0.4 is 0 Å². The first-order valence-electron chi connectivity index (χ1n) is 26.4. The lowest BCUT2D eigenvalue weighted by molar-refractivity contribution is 0.508. The average Bonchev–Trinajstić information content (AvgIpc) is 3.15. The van der Waals surface area contributed by atoms with E-state index in [1.54, 1.807) is 0 Å². The first-order chi connectivity index (χ1) is 26.6. The van der Waals surface area contributed by atoms with Gasteiger partial charge in [0.25, 0.3) is 0 Å². The van der Waals surface area contributed by atoms with Crippen molar-refractivity contribution in [1.29, 1.82) is 0 Å². The van der Waals surface area contributed by atoms with E-state index in [0.29, 0.717) is 0 Å². The van der Waals surface area contributed by atoms with Crippen molar-refractivity contribution in [1.82, 2.24) is 0 Å². The standard InChI is InChI=1S/C53H110P/c1-5-6-7-8-9-10-11-12-13-14-15-16-17-18-19-20-21-22-23-24-25-26-27-28-29-30-31-32-33-34-35-36-37-38-39-40-41-42-43-44-45-46-47-48-49-50-51-52-53-54(2,3)4/h5-53H2,1-4H3/q+1. The van der Waals surface area contributed by atoms with E-state index < -0.39 is 7.26 Å². The average molecular weight is 778 g/mol. The van der Waals surface area contributed by atoms with Crippen molar-refractivity contribution < 1.29 is 0 Å². The van der Waals surface area contributed by atoms with E-state index in [1.807, 2.05) is 0 Å². The Morgan fingerprint density at radius 3 is 0.389 bits per heavy atom. The molecule has 0 unspecified atom stereocenters. The van der Waals surface area contributed by atoms with E-state index in [-0.39, 0.29) is 0 Å². The van der Waals surface area contributed by atoms with Crippen LogP contribution in [0.15, 0.2) is 0 Å². The van der Waals surface area contributed by atoms with E-state index in [4.69, 9.17) is 0 Å². The van der Waals surface area contributed by atoms with Gasteiger partial charge in [0.1, 0.15) is 0 Å². The fraction of sp³-hybridized carbons (Fsp3) is 1.00. The van der Waals surface area contributed by atoms with Crippen LogP contribution in [0.3, 0.4) is 0 Å². The van der Waals surface area contributed by atoms with Crippen LogP contribution >= 0.6 is 7.26 Å².